The van der Waals surface area contributed by atoms with Crippen LogP contribution in [0.2, 0.25) is 0 Å². The summed E-state index contributed by atoms with van der Waals surface area (Å²) >= 11 is 0. The molecule has 0 spiro atoms. The highest BCUT2D eigenvalue weighted by Crippen LogP contribution is 2.30. The quantitative estimate of drug-likeness (QED) is 0.908. The van der Waals surface area contributed by atoms with Crippen LogP contribution in [0.25, 0.3) is 0 Å². The van der Waals surface area contributed by atoms with Crippen LogP contribution in [0.5, 0.6) is 11.5 Å². The molecule has 0 amide bonds. The van der Waals surface area contributed by atoms with Crippen molar-refractivity contribution >= 4 is 0 Å². The number of hydrogen-bond donors (Lipinski definition) is 1. The minimum Gasteiger partial charge on any atom is -0.486 e. The molecule has 20 heavy (non-hydrogen) atoms. The van der Waals surface area contributed by atoms with Crippen molar-refractivity contribution in [1.29, 1.82) is 0 Å². The molecule has 2 aromatic rings. The first-order chi connectivity index (χ1) is 9.85. The van der Waals surface area contributed by atoms with Crippen molar-refractivity contribution < 1.29 is 9.47 Å². The predicted molar refractivity (Wildman–Crippen MR) is 78.2 cm³/mol. The lowest BCUT2D eigenvalue weighted by molar-refractivity contribution is 0.0902. The third-order valence-corrected chi connectivity index (χ3v) is 3.45. The van der Waals surface area contributed by atoms with Gasteiger partial charge >= 0.3 is 0 Å². The molecule has 3 rings (SSSR count). The third-order valence-electron chi connectivity index (χ3n) is 3.45. The number of nitrogens with one attached hydrogen (secondary N) is 1. The second-order valence-corrected chi connectivity index (χ2v) is 4.98. The molecule has 0 radical (unpaired) electrons. The maximum Gasteiger partial charge on any atom is 0.161 e. The van der Waals surface area contributed by atoms with Gasteiger partial charge in [-0.3, -0.25) is 0 Å². The molecule has 4 nitrogen and oxygen atoms in total. The van der Waals surface area contributed by atoms with Gasteiger partial charge in [0.05, 0.1) is 0 Å². The lowest BCUT2D eigenvalue weighted by atomic mass is 10.2. The fourth-order valence-electron chi connectivity index (χ4n) is 2.33. The van der Waals surface area contributed by atoms with Crippen LogP contribution in [0.3, 0.4) is 0 Å². The molecule has 0 saturated heterocycles. The molecule has 0 saturated carbocycles. The summed E-state index contributed by atoms with van der Waals surface area (Å²) < 4.78 is 13.8. The van der Waals surface area contributed by atoms with Gasteiger partial charge < -0.3 is 19.4 Å². The number of rotatable bonds is 5. The van der Waals surface area contributed by atoms with E-state index in [0.29, 0.717) is 6.61 Å². The van der Waals surface area contributed by atoms with Crippen molar-refractivity contribution in [3.8, 4) is 11.5 Å². The summed E-state index contributed by atoms with van der Waals surface area (Å²) in [5, 5.41) is 3.42. The van der Waals surface area contributed by atoms with Gasteiger partial charge in [0, 0.05) is 32.0 Å². The molecule has 4 heteroatoms. The van der Waals surface area contributed by atoms with Crippen LogP contribution in [0.1, 0.15) is 12.5 Å². The Bertz CT molecular complexity index is 565. The zero-order valence-electron chi connectivity index (χ0n) is 11.7. The molecular weight excluding hydrogens is 252 g/mol. The van der Waals surface area contributed by atoms with Gasteiger partial charge in [-0.1, -0.05) is 12.1 Å². The monoisotopic (exact) mass is 272 g/mol. The van der Waals surface area contributed by atoms with Gasteiger partial charge in [0.1, 0.15) is 12.7 Å². The van der Waals surface area contributed by atoms with E-state index >= 15 is 0 Å². The van der Waals surface area contributed by atoms with Crippen LogP contribution in [0.4, 0.5) is 0 Å². The zero-order chi connectivity index (χ0) is 13.8. The molecule has 0 bridgehead atoms. The van der Waals surface area contributed by atoms with E-state index in [1.807, 2.05) is 24.3 Å². The number of nitrogens with zero attached hydrogens (tertiary/aromatic N) is 1. The zero-order valence-corrected chi connectivity index (χ0v) is 11.7. The van der Waals surface area contributed by atoms with Crippen molar-refractivity contribution in [3.05, 3.63) is 48.3 Å². The summed E-state index contributed by atoms with van der Waals surface area (Å²) in [5.74, 6) is 1.67. The van der Waals surface area contributed by atoms with Crippen molar-refractivity contribution in [1.82, 2.24) is 9.88 Å². The Morgan fingerprint density at radius 1 is 1.25 bits per heavy atom. The van der Waals surface area contributed by atoms with Crippen molar-refractivity contribution in [2.75, 3.05) is 13.2 Å². The minimum absolute atomic E-state index is 0.0677. The smallest absolute Gasteiger partial charge is 0.161 e. The number of benzene rings is 1. The van der Waals surface area contributed by atoms with Gasteiger partial charge in [0.15, 0.2) is 11.5 Å². The molecule has 1 N–H and O–H groups in total. The highest BCUT2D eigenvalue weighted by atomic mass is 16.6. The number of fused-ring (bicyclic) bond motifs is 1. The molecule has 1 aliphatic rings. The summed E-state index contributed by atoms with van der Waals surface area (Å²) in [7, 11) is 0. The van der Waals surface area contributed by atoms with E-state index in [9.17, 15) is 0 Å². The second-order valence-electron chi connectivity index (χ2n) is 4.98. The summed E-state index contributed by atoms with van der Waals surface area (Å²) in [5.41, 5.74) is 1.30. The molecule has 1 unspecified atom stereocenters. The number of hydrogen-bond acceptors (Lipinski definition) is 3. The highest BCUT2D eigenvalue weighted by Gasteiger charge is 2.19. The molecular formula is C16H20N2O2. The molecule has 1 aliphatic heterocycles. The topological polar surface area (TPSA) is 35.4 Å². The minimum atomic E-state index is 0.0677. The summed E-state index contributed by atoms with van der Waals surface area (Å²) in [4.78, 5) is 0. The van der Waals surface area contributed by atoms with Gasteiger partial charge in [0.2, 0.25) is 0 Å². The second kappa shape index (κ2) is 6.01. The van der Waals surface area contributed by atoms with E-state index in [1.54, 1.807) is 0 Å². The third kappa shape index (κ3) is 2.96. The fraction of sp³-hybridized carbons (Fsp3) is 0.375. The summed E-state index contributed by atoms with van der Waals surface area (Å²) in [6, 6.07) is 9.95. The fourth-order valence-corrected chi connectivity index (χ4v) is 2.33. The molecule has 1 aromatic carbocycles. The standard InChI is InChI=1S/C16H20N2O2/c1-2-18-8-7-13(11-18)9-17-10-14-12-19-15-5-3-4-6-16(15)20-14/h3-8,11,14,17H,2,9-10,12H2,1H3. The van der Waals surface area contributed by atoms with E-state index in [-0.39, 0.29) is 6.10 Å². The van der Waals surface area contributed by atoms with Crippen molar-refractivity contribution in [2.24, 2.45) is 0 Å². The predicted octanol–water partition coefficient (Wildman–Crippen LogP) is 2.44. The van der Waals surface area contributed by atoms with E-state index in [2.05, 4.69) is 35.3 Å². The number of para-hydroxylation sites is 2. The Morgan fingerprint density at radius 3 is 2.90 bits per heavy atom. The van der Waals surface area contributed by atoms with E-state index in [4.69, 9.17) is 9.47 Å². The number of aromatic nitrogens is 1. The van der Waals surface area contributed by atoms with Gasteiger partial charge in [-0.25, -0.2) is 0 Å². The van der Waals surface area contributed by atoms with E-state index in [1.165, 1.54) is 5.56 Å². The Kier molecular flexibility index (Phi) is 3.92. The van der Waals surface area contributed by atoms with Crippen molar-refractivity contribution in [2.45, 2.75) is 26.1 Å². The van der Waals surface area contributed by atoms with Crippen LogP contribution >= 0.6 is 0 Å². The SMILES string of the molecule is CCn1ccc(CNCC2COc3ccccc3O2)c1. The molecule has 0 aliphatic carbocycles. The highest BCUT2D eigenvalue weighted by molar-refractivity contribution is 5.40. The van der Waals surface area contributed by atoms with Crippen LogP contribution in [0.15, 0.2) is 42.7 Å². The largest absolute Gasteiger partial charge is 0.486 e. The molecule has 1 atom stereocenters. The maximum absolute atomic E-state index is 5.90. The first-order valence-corrected chi connectivity index (χ1v) is 7.09. The van der Waals surface area contributed by atoms with Gasteiger partial charge in [-0.15, -0.1) is 0 Å². The van der Waals surface area contributed by atoms with Crippen LogP contribution < -0.4 is 14.8 Å². The number of aryl methyl sites for hydroxylation is 1. The van der Waals surface area contributed by atoms with E-state index < -0.39 is 0 Å². The first kappa shape index (κ1) is 13.1. The van der Waals surface area contributed by atoms with Crippen LogP contribution in [0, 0.1) is 0 Å². The maximum atomic E-state index is 5.90. The Hall–Kier alpha value is -1.94. The lowest BCUT2D eigenvalue weighted by Gasteiger charge is -2.26. The Balaban J connectivity index is 1.48. The average molecular weight is 272 g/mol. The molecule has 1 aromatic heterocycles. The molecule has 0 fully saturated rings. The van der Waals surface area contributed by atoms with Gasteiger partial charge in [-0.05, 0) is 30.7 Å². The first-order valence-electron chi connectivity index (χ1n) is 7.09. The van der Waals surface area contributed by atoms with E-state index in [0.717, 1.165) is 31.1 Å². The summed E-state index contributed by atoms with van der Waals surface area (Å²) in [6.45, 7) is 5.39. The van der Waals surface area contributed by atoms with Crippen molar-refractivity contribution in [3.63, 3.8) is 0 Å². The van der Waals surface area contributed by atoms with Gasteiger partial charge in [-0.2, -0.15) is 0 Å². The molecule has 2 heterocycles. The van der Waals surface area contributed by atoms with Crippen LogP contribution in [-0.2, 0) is 13.1 Å². The number of ether oxygens (including phenoxy) is 2. The normalized spacial score (nSPS) is 17.1. The lowest BCUT2D eigenvalue weighted by Crippen LogP contribution is -2.38. The van der Waals surface area contributed by atoms with Crippen LogP contribution in [-0.4, -0.2) is 23.8 Å². The summed E-state index contributed by atoms with van der Waals surface area (Å²) in [6.07, 6.45) is 4.34. The average Bonchev–Trinajstić information content (AvgIpc) is 2.95. The Morgan fingerprint density at radius 2 is 2.10 bits per heavy atom. The van der Waals surface area contributed by atoms with Gasteiger partial charge in [0.25, 0.3) is 0 Å². The Labute approximate surface area is 119 Å². The molecule has 106 valence electrons.